The van der Waals surface area contributed by atoms with Gasteiger partial charge < -0.3 is 16.2 Å². The molecule has 32 heavy (non-hydrogen) atoms. The fourth-order valence-electron chi connectivity index (χ4n) is 3.85. The molecule has 2 aromatic carbocycles. The third kappa shape index (κ3) is 5.16. The molecule has 3 aromatic rings. The Morgan fingerprint density at radius 3 is 2.72 bits per heavy atom. The van der Waals surface area contributed by atoms with Gasteiger partial charge in [0.25, 0.3) is 0 Å². The number of aromatic nitrogens is 2. The van der Waals surface area contributed by atoms with Crippen LogP contribution in [0.2, 0.25) is 0 Å². The number of hydrogen-bond acceptors (Lipinski definition) is 5. The number of aliphatic imine (C=N–C) groups is 1. The van der Waals surface area contributed by atoms with Crippen molar-refractivity contribution in [1.29, 1.82) is 5.41 Å². The molecule has 0 fully saturated rings. The van der Waals surface area contributed by atoms with Crippen molar-refractivity contribution in [2.45, 2.75) is 13.0 Å². The van der Waals surface area contributed by atoms with Crippen LogP contribution in [-0.2, 0) is 13.0 Å². The van der Waals surface area contributed by atoms with Gasteiger partial charge in [0.1, 0.15) is 17.9 Å². The van der Waals surface area contributed by atoms with E-state index in [4.69, 9.17) is 21.6 Å². The van der Waals surface area contributed by atoms with Crippen LogP contribution in [0.3, 0.4) is 0 Å². The van der Waals surface area contributed by atoms with Crippen molar-refractivity contribution >= 4 is 17.4 Å². The first kappa shape index (κ1) is 23.9. The van der Waals surface area contributed by atoms with Crippen LogP contribution in [-0.4, -0.2) is 46.7 Å². The second-order valence-corrected chi connectivity index (χ2v) is 7.37. The van der Waals surface area contributed by atoms with Gasteiger partial charge in [-0.1, -0.05) is 36.0 Å². The van der Waals surface area contributed by atoms with E-state index in [1.165, 1.54) is 24.6 Å². The SMILES string of the molecule is COc1cccc(C(=N)N=C(N)CN2CCc3cccc(-c4cncnc4)c3C2)c1[NH-].[Na+]. The molecule has 1 aromatic heterocycles. The van der Waals surface area contributed by atoms with Crippen LogP contribution in [0.25, 0.3) is 16.9 Å². The number of nitrogens with two attached hydrogens (primary N) is 1. The molecule has 0 amide bonds. The molecule has 0 aliphatic carbocycles. The molecule has 4 N–H and O–H groups in total. The van der Waals surface area contributed by atoms with Crippen molar-refractivity contribution in [3.63, 3.8) is 0 Å². The first-order chi connectivity index (χ1) is 15.1. The summed E-state index contributed by atoms with van der Waals surface area (Å²) < 4.78 is 5.16. The monoisotopic (exact) mass is 437 g/mol. The minimum Gasteiger partial charge on any atom is -0.695 e. The molecule has 0 bridgehead atoms. The minimum absolute atomic E-state index is 0. The summed E-state index contributed by atoms with van der Waals surface area (Å²) in [6.07, 6.45) is 6.09. The number of amidine groups is 2. The molecule has 0 atom stereocenters. The summed E-state index contributed by atoms with van der Waals surface area (Å²) in [5, 5.41) is 8.28. The predicted molar refractivity (Wildman–Crippen MR) is 122 cm³/mol. The van der Waals surface area contributed by atoms with E-state index < -0.39 is 0 Å². The van der Waals surface area contributed by atoms with Crippen LogP contribution in [0.15, 0.2) is 60.1 Å². The van der Waals surface area contributed by atoms with Gasteiger partial charge in [-0.25, -0.2) is 15.0 Å². The van der Waals surface area contributed by atoms with Crippen molar-refractivity contribution in [2.24, 2.45) is 10.7 Å². The van der Waals surface area contributed by atoms with E-state index in [0.29, 0.717) is 23.7 Å². The zero-order valence-electron chi connectivity index (χ0n) is 18.3. The van der Waals surface area contributed by atoms with Crippen molar-refractivity contribution in [3.05, 3.63) is 77.5 Å². The predicted octanol–water partition coefficient (Wildman–Crippen LogP) is 0.581. The molecular formula is C23H24N7NaO. The first-order valence-corrected chi connectivity index (χ1v) is 9.96. The van der Waals surface area contributed by atoms with Gasteiger partial charge in [0.2, 0.25) is 0 Å². The maximum Gasteiger partial charge on any atom is 1.00 e. The molecule has 9 heteroatoms. The Kier molecular flexibility index (Phi) is 7.98. The number of ether oxygens (including phenoxy) is 1. The second-order valence-electron chi connectivity index (χ2n) is 7.37. The fraction of sp³-hybridized carbons (Fsp3) is 0.217. The van der Waals surface area contributed by atoms with E-state index in [1.807, 2.05) is 12.4 Å². The second kappa shape index (κ2) is 10.7. The summed E-state index contributed by atoms with van der Waals surface area (Å²) in [7, 11) is 1.50. The molecule has 0 radical (unpaired) electrons. The molecule has 0 unspecified atom stereocenters. The largest absolute Gasteiger partial charge is 1.00 e. The molecule has 8 nitrogen and oxygen atoms in total. The quantitative estimate of drug-likeness (QED) is 0.343. The number of rotatable bonds is 5. The van der Waals surface area contributed by atoms with Crippen molar-refractivity contribution in [1.82, 2.24) is 14.9 Å². The van der Waals surface area contributed by atoms with Gasteiger partial charge in [-0.15, -0.1) is 0 Å². The maximum atomic E-state index is 8.28. The van der Waals surface area contributed by atoms with Crippen LogP contribution in [0.4, 0.5) is 5.69 Å². The molecular weight excluding hydrogens is 413 g/mol. The van der Waals surface area contributed by atoms with Crippen LogP contribution in [0.5, 0.6) is 5.75 Å². The van der Waals surface area contributed by atoms with Crippen LogP contribution >= 0.6 is 0 Å². The number of nitrogens with one attached hydrogen (secondary N) is 2. The number of benzene rings is 2. The van der Waals surface area contributed by atoms with Gasteiger partial charge in [0.15, 0.2) is 5.84 Å². The minimum atomic E-state index is -0.0408. The van der Waals surface area contributed by atoms with E-state index in [1.54, 1.807) is 18.2 Å². The van der Waals surface area contributed by atoms with Gasteiger partial charge in [-0.2, -0.15) is 0 Å². The van der Waals surface area contributed by atoms with E-state index in [-0.39, 0.29) is 41.1 Å². The summed E-state index contributed by atoms with van der Waals surface area (Å²) in [6.45, 7) is 2.03. The summed E-state index contributed by atoms with van der Waals surface area (Å²) in [6, 6.07) is 11.4. The Hall–Kier alpha value is -2.78. The van der Waals surface area contributed by atoms with Crippen molar-refractivity contribution < 1.29 is 34.3 Å². The molecule has 1 aliphatic rings. The van der Waals surface area contributed by atoms with Crippen molar-refractivity contribution in [3.8, 4) is 16.9 Å². The molecule has 1 aliphatic heterocycles. The van der Waals surface area contributed by atoms with E-state index in [9.17, 15) is 0 Å². The normalized spacial score (nSPS) is 13.7. The average Bonchev–Trinajstić information content (AvgIpc) is 2.79. The average molecular weight is 437 g/mol. The molecule has 0 saturated carbocycles. The Morgan fingerprint density at radius 2 is 1.97 bits per heavy atom. The first-order valence-electron chi connectivity index (χ1n) is 9.96. The Morgan fingerprint density at radius 1 is 1.22 bits per heavy atom. The molecule has 4 rings (SSSR count). The van der Waals surface area contributed by atoms with Crippen LogP contribution in [0.1, 0.15) is 16.7 Å². The standard InChI is InChI=1S/C23H24N7O.Na/c1-31-20-7-3-6-18(22(20)25)23(26)29-21(24)13-30-9-8-15-4-2-5-17(19(15)12-30)16-10-27-14-28-11-16;/h2-7,10-11,14,25H,8-9,12-13H2,1H3,(H3,24,26,29);/q-1;+1. The molecule has 2 heterocycles. The van der Waals surface area contributed by atoms with Gasteiger partial charge in [-0.3, -0.25) is 10.3 Å². The fourth-order valence-corrected chi connectivity index (χ4v) is 3.85. The zero-order valence-corrected chi connectivity index (χ0v) is 20.3. The number of fused-ring (bicyclic) bond motifs is 1. The van der Waals surface area contributed by atoms with Crippen molar-refractivity contribution in [2.75, 3.05) is 20.2 Å². The van der Waals surface area contributed by atoms with E-state index in [0.717, 1.165) is 30.6 Å². The summed E-state index contributed by atoms with van der Waals surface area (Å²) >= 11 is 0. The number of nitrogens with zero attached hydrogens (tertiary/aromatic N) is 4. The Bertz CT molecular complexity index is 1130. The van der Waals surface area contributed by atoms with E-state index >= 15 is 0 Å². The van der Waals surface area contributed by atoms with Gasteiger partial charge >= 0.3 is 29.6 Å². The molecule has 0 spiro atoms. The van der Waals surface area contributed by atoms with Gasteiger partial charge in [0.05, 0.1) is 13.7 Å². The Balaban J connectivity index is 0.00000289. The third-order valence-corrected chi connectivity index (χ3v) is 5.37. The Labute approximate surface area is 209 Å². The zero-order chi connectivity index (χ0) is 21.8. The smallest absolute Gasteiger partial charge is 0.695 e. The summed E-state index contributed by atoms with van der Waals surface area (Å²) in [4.78, 5) is 14.8. The van der Waals surface area contributed by atoms with Crippen LogP contribution in [0, 0.1) is 5.41 Å². The maximum absolute atomic E-state index is 8.28. The van der Waals surface area contributed by atoms with Gasteiger partial charge in [0, 0.05) is 36.6 Å². The number of methoxy groups -OCH3 is 1. The molecule has 158 valence electrons. The van der Waals surface area contributed by atoms with E-state index in [2.05, 4.69) is 38.1 Å². The molecule has 0 saturated heterocycles. The van der Waals surface area contributed by atoms with Crippen LogP contribution < -0.4 is 40.0 Å². The third-order valence-electron chi connectivity index (χ3n) is 5.37. The number of hydrogen-bond donors (Lipinski definition) is 2. The topological polar surface area (TPSA) is 124 Å². The summed E-state index contributed by atoms with van der Waals surface area (Å²) in [5.41, 5.74) is 19.5. The van der Waals surface area contributed by atoms with Gasteiger partial charge in [-0.05, 0) is 29.2 Å². The summed E-state index contributed by atoms with van der Waals surface area (Å²) in [5.74, 6) is 0.707.